The molecule has 2 N–H and O–H groups in total. The molecule has 0 unspecified atom stereocenters. The van der Waals surface area contributed by atoms with Gasteiger partial charge >= 0.3 is 0 Å². The Morgan fingerprint density at radius 3 is 2.19 bits per heavy atom. The van der Waals surface area contributed by atoms with Crippen molar-refractivity contribution in [2.75, 3.05) is 7.11 Å². The van der Waals surface area contributed by atoms with Gasteiger partial charge in [-0.15, -0.1) is 24.8 Å². The number of aromatic nitrogens is 1. The Bertz CT molecular complexity index is 751. The number of ether oxygens (including phenoxy) is 1. The van der Waals surface area contributed by atoms with E-state index in [1.54, 1.807) is 13.3 Å². The van der Waals surface area contributed by atoms with Gasteiger partial charge < -0.3 is 15.2 Å². The number of hydrogen-bond donors (Lipinski definition) is 2. The molecule has 0 saturated carbocycles. The maximum atomic E-state index is 10.9. The van der Waals surface area contributed by atoms with Crippen molar-refractivity contribution >= 4 is 24.8 Å². The number of nitrogens with zero attached hydrogens (tertiary/aromatic N) is 1. The fraction of sp³-hybridized carbons (Fsp3) is 0.476. The maximum absolute atomic E-state index is 10.9. The minimum atomic E-state index is -0.0236. The van der Waals surface area contributed by atoms with Crippen LogP contribution in [0.4, 0.5) is 0 Å². The van der Waals surface area contributed by atoms with E-state index in [0.29, 0.717) is 18.2 Å². The van der Waals surface area contributed by atoms with Crippen LogP contribution in [-0.2, 0) is 12.0 Å². The fourth-order valence-corrected chi connectivity index (χ4v) is 2.53. The lowest BCUT2D eigenvalue weighted by atomic mass is 9.83. The van der Waals surface area contributed by atoms with Crippen LogP contribution in [0.1, 0.15) is 52.7 Å². The lowest BCUT2D eigenvalue weighted by molar-refractivity contribution is 0.398. The lowest BCUT2D eigenvalue weighted by Gasteiger charge is -2.25. The summed E-state index contributed by atoms with van der Waals surface area (Å²) in [4.78, 5) is 4.16. The van der Waals surface area contributed by atoms with Gasteiger partial charge in [-0.05, 0) is 49.4 Å². The van der Waals surface area contributed by atoms with Crippen molar-refractivity contribution in [1.29, 1.82) is 0 Å². The van der Waals surface area contributed by atoms with Crippen LogP contribution in [-0.4, -0.2) is 22.7 Å². The molecule has 0 spiro atoms. The standard InChI is InChI=1S/C21H30N2O2.2ClH/c1-20(2,3)16-10-15(13-23-21(4,5)6)19(24)17(12-16)14-8-9-22-18(11-14)25-7;;/h8-12,23-24H,13H2,1-7H3;2*1H. The quantitative estimate of drug-likeness (QED) is 0.693. The van der Waals surface area contributed by atoms with E-state index in [1.807, 2.05) is 12.1 Å². The summed E-state index contributed by atoms with van der Waals surface area (Å²) < 4.78 is 5.23. The van der Waals surface area contributed by atoms with Gasteiger partial charge in [-0.25, -0.2) is 4.98 Å². The second kappa shape index (κ2) is 9.63. The monoisotopic (exact) mass is 414 g/mol. The van der Waals surface area contributed by atoms with E-state index >= 15 is 0 Å². The first-order valence-electron chi connectivity index (χ1n) is 8.63. The first-order valence-corrected chi connectivity index (χ1v) is 8.63. The van der Waals surface area contributed by atoms with Gasteiger partial charge in [0.1, 0.15) is 5.75 Å². The third-order valence-electron chi connectivity index (χ3n) is 4.12. The first-order chi connectivity index (χ1) is 11.5. The van der Waals surface area contributed by atoms with E-state index in [-0.39, 0.29) is 35.8 Å². The zero-order valence-electron chi connectivity index (χ0n) is 17.2. The Morgan fingerprint density at radius 1 is 1.04 bits per heavy atom. The molecule has 1 aromatic heterocycles. The van der Waals surface area contributed by atoms with E-state index < -0.39 is 0 Å². The molecule has 27 heavy (non-hydrogen) atoms. The summed E-state index contributed by atoms with van der Waals surface area (Å²) in [5.41, 5.74) is 3.74. The predicted octanol–water partition coefficient (Wildman–Crippen LogP) is 5.49. The molecule has 0 saturated heterocycles. The van der Waals surface area contributed by atoms with E-state index in [4.69, 9.17) is 4.74 Å². The molecular formula is C21H32Cl2N2O2. The highest BCUT2D eigenvalue weighted by Gasteiger charge is 2.20. The number of nitrogens with one attached hydrogen (secondary N) is 1. The van der Waals surface area contributed by atoms with Crippen molar-refractivity contribution in [3.8, 4) is 22.8 Å². The van der Waals surface area contributed by atoms with Crippen LogP contribution >= 0.6 is 24.8 Å². The zero-order valence-corrected chi connectivity index (χ0v) is 18.8. The Hall–Kier alpha value is -1.49. The second-order valence-electron chi connectivity index (χ2n) is 8.47. The normalized spacial score (nSPS) is 11.4. The van der Waals surface area contributed by atoms with Crippen molar-refractivity contribution in [2.24, 2.45) is 0 Å². The number of phenolic OH excluding ortho intramolecular Hbond substituents is 1. The molecular weight excluding hydrogens is 383 g/mol. The van der Waals surface area contributed by atoms with Gasteiger partial charge in [0.05, 0.1) is 7.11 Å². The summed E-state index contributed by atoms with van der Waals surface area (Å²) in [5, 5.41) is 14.4. The average Bonchev–Trinajstić information content (AvgIpc) is 2.52. The summed E-state index contributed by atoms with van der Waals surface area (Å²) in [5.74, 6) is 0.838. The van der Waals surface area contributed by atoms with Crippen LogP contribution in [0.2, 0.25) is 0 Å². The zero-order chi connectivity index (χ0) is 18.8. The number of halogens is 2. The van der Waals surface area contributed by atoms with Gasteiger partial charge in [0, 0.05) is 35.5 Å². The van der Waals surface area contributed by atoms with Crippen LogP contribution in [0.5, 0.6) is 11.6 Å². The Balaban J connectivity index is 0.00000338. The van der Waals surface area contributed by atoms with Crippen molar-refractivity contribution in [1.82, 2.24) is 10.3 Å². The van der Waals surface area contributed by atoms with Gasteiger partial charge in [-0.3, -0.25) is 0 Å². The Morgan fingerprint density at radius 2 is 1.67 bits per heavy atom. The molecule has 0 atom stereocenters. The smallest absolute Gasteiger partial charge is 0.213 e. The molecule has 0 aliphatic heterocycles. The van der Waals surface area contributed by atoms with Crippen molar-refractivity contribution < 1.29 is 9.84 Å². The molecule has 152 valence electrons. The number of pyridine rings is 1. The van der Waals surface area contributed by atoms with E-state index in [9.17, 15) is 5.11 Å². The summed E-state index contributed by atoms with van der Waals surface area (Å²) in [6.45, 7) is 13.5. The van der Waals surface area contributed by atoms with Gasteiger partial charge in [0.25, 0.3) is 0 Å². The number of methoxy groups -OCH3 is 1. The van der Waals surface area contributed by atoms with E-state index in [1.165, 1.54) is 5.56 Å². The molecule has 6 heteroatoms. The molecule has 0 radical (unpaired) electrons. The number of rotatable bonds is 4. The summed E-state index contributed by atoms with van der Waals surface area (Å²) >= 11 is 0. The number of benzene rings is 1. The molecule has 0 amide bonds. The second-order valence-corrected chi connectivity index (χ2v) is 8.47. The highest BCUT2D eigenvalue weighted by atomic mass is 35.5. The molecule has 1 aromatic carbocycles. The topological polar surface area (TPSA) is 54.4 Å². The maximum Gasteiger partial charge on any atom is 0.213 e. The van der Waals surface area contributed by atoms with Gasteiger partial charge in [0.15, 0.2) is 0 Å². The average molecular weight is 415 g/mol. The van der Waals surface area contributed by atoms with Crippen molar-refractivity contribution in [3.05, 3.63) is 41.6 Å². The molecule has 0 bridgehead atoms. The highest BCUT2D eigenvalue weighted by Crippen LogP contribution is 2.38. The first kappa shape index (κ1) is 25.5. The third kappa shape index (κ3) is 6.87. The summed E-state index contributed by atoms with van der Waals surface area (Å²) in [7, 11) is 1.59. The molecule has 2 aromatic rings. The van der Waals surface area contributed by atoms with Crippen LogP contribution < -0.4 is 10.1 Å². The molecule has 0 aliphatic rings. The Labute approximate surface area is 175 Å². The largest absolute Gasteiger partial charge is 0.507 e. The van der Waals surface area contributed by atoms with Crippen molar-refractivity contribution in [2.45, 2.75) is 59.0 Å². The number of hydrogen-bond acceptors (Lipinski definition) is 4. The fourth-order valence-electron chi connectivity index (χ4n) is 2.53. The minimum Gasteiger partial charge on any atom is -0.507 e. The highest BCUT2D eigenvalue weighted by molar-refractivity contribution is 5.85. The predicted molar refractivity (Wildman–Crippen MR) is 118 cm³/mol. The van der Waals surface area contributed by atoms with E-state index in [0.717, 1.165) is 16.7 Å². The number of phenols is 1. The lowest BCUT2D eigenvalue weighted by Crippen LogP contribution is -2.35. The van der Waals surface area contributed by atoms with Gasteiger partial charge in [-0.1, -0.05) is 26.8 Å². The molecule has 4 nitrogen and oxygen atoms in total. The molecule has 1 heterocycles. The van der Waals surface area contributed by atoms with Gasteiger partial charge in [-0.2, -0.15) is 0 Å². The van der Waals surface area contributed by atoms with Crippen molar-refractivity contribution in [3.63, 3.8) is 0 Å². The SMILES string of the molecule is COc1cc(-c2cc(C(C)(C)C)cc(CNC(C)(C)C)c2O)ccn1.Cl.Cl. The van der Waals surface area contributed by atoms with E-state index in [2.05, 4.69) is 64.0 Å². The Kier molecular flexibility index (Phi) is 9.10. The summed E-state index contributed by atoms with van der Waals surface area (Å²) in [6.07, 6.45) is 1.70. The molecule has 0 fully saturated rings. The van der Waals surface area contributed by atoms with Crippen LogP contribution in [0.25, 0.3) is 11.1 Å². The van der Waals surface area contributed by atoms with Crippen LogP contribution in [0.15, 0.2) is 30.5 Å². The summed E-state index contributed by atoms with van der Waals surface area (Å²) in [6, 6.07) is 7.90. The minimum absolute atomic E-state index is 0. The molecule has 2 rings (SSSR count). The van der Waals surface area contributed by atoms with Gasteiger partial charge in [0.2, 0.25) is 5.88 Å². The van der Waals surface area contributed by atoms with Crippen LogP contribution in [0.3, 0.4) is 0 Å². The van der Waals surface area contributed by atoms with Crippen LogP contribution in [0, 0.1) is 0 Å². The third-order valence-corrected chi connectivity index (χ3v) is 4.12. The molecule has 0 aliphatic carbocycles. The number of aromatic hydroxyl groups is 1.